The highest BCUT2D eigenvalue weighted by Crippen LogP contribution is 2.44. The molecule has 0 aromatic heterocycles. The maximum absolute atomic E-state index is 13.7. The molecule has 0 spiro atoms. The van der Waals surface area contributed by atoms with E-state index in [9.17, 15) is 9.59 Å². The minimum absolute atomic E-state index is 0.144. The van der Waals surface area contributed by atoms with E-state index in [2.05, 4.69) is 5.43 Å². The van der Waals surface area contributed by atoms with Gasteiger partial charge in [-0.05, 0) is 48.5 Å². The van der Waals surface area contributed by atoms with Crippen LogP contribution < -0.4 is 10.3 Å². The Morgan fingerprint density at radius 1 is 0.848 bits per heavy atom. The lowest BCUT2D eigenvalue weighted by molar-refractivity contribution is -0.121. The molecule has 1 saturated heterocycles. The summed E-state index contributed by atoms with van der Waals surface area (Å²) in [5, 5.41) is 1.89. The highest BCUT2D eigenvalue weighted by Gasteiger charge is 2.42. The topological polar surface area (TPSA) is 65.0 Å². The lowest BCUT2D eigenvalue weighted by Crippen LogP contribution is -2.35. The normalized spacial score (nSPS) is 18.9. The minimum atomic E-state index is -0.296. The van der Waals surface area contributed by atoms with Gasteiger partial charge in [-0.2, -0.15) is 5.01 Å². The van der Waals surface area contributed by atoms with Crippen molar-refractivity contribution in [1.82, 2.24) is 5.01 Å². The van der Waals surface area contributed by atoms with Crippen molar-refractivity contribution in [2.45, 2.75) is 13.3 Å². The van der Waals surface area contributed by atoms with Gasteiger partial charge in [0.15, 0.2) is 5.17 Å². The van der Waals surface area contributed by atoms with Crippen molar-refractivity contribution >= 4 is 51.4 Å². The molecular formula is C26H22N4O2S. The monoisotopic (exact) mass is 454 g/mol. The molecule has 6 nitrogen and oxygen atoms in total. The number of hydrogen-bond donors (Lipinski definition) is 1. The molecule has 0 atom stereocenters. The zero-order chi connectivity index (χ0) is 22.8. The molecule has 33 heavy (non-hydrogen) atoms. The summed E-state index contributed by atoms with van der Waals surface area (Å²) < 4.78 is 0. The maximum Gasteiger partial charge on any atom is 0.286 e. The fourth-order valence-electron chi connectivity index (χ4n) is 3.90. The Morgan fingerprint density at radius 3 is 2.24 bits per heavy atom. The number of anilines is 2. The average molecular weight is 455 g/mol. The Morgan fingerprint density at radius 2 is 1.52 bits per heavy atom. The SMILES string of the molecule is CCCN1C(=O)/C(=C2\SC(=Nc3ccccc3)N(Nc3ccccc3)C2=O)c2ccccc21. The lowest BCUT2D eigenvalue weighted by Gasteiger charge is -2.18. The molecule has 0 unspecified atom stereocenters. The molecule has 3 aromatic rings. The number of nitrogens with one attached hydrogen (secondary N) is 1. The van der Waals surface area contributed by atoms with Crippen LogP contribution in [0.25, 0.3) is 5.57 Å². The first kappa shape index (κ1) is 21.0. The van der Waals surface area contributed by atoms with Gasteiger partial charge in [-0.15, -0.1) is 0 Å². The van der Waals surface area contributed by atoms with Gasteiger partial charge in [-0.25, -0.2) is 4.99 Å². The molecule has 2 aliphatic rings. The molecule has 1 N–H and O–H groups in total. The highest BCUT2D eigenvalue weighted by atomic mass is 32.2. The fourth-order valence-corrected chi connectivity index (χ4v) is 4.93. The van der Waals surface area contributed by atoms with E-state index in [1.807, 2.05) is 91.9 Å². The van der Waals surface area contributed by atoms with Crippen molar-refractivity contribution in [3.05, 3.63) is 95.4 Å². The van der Waals surface area contributed by atoms with Gasteiger partial charge in [-0.1, -0.05) is 61.5 Å². The number of thioether (sulfide) groups is 1. The van der Waals surface area contributed by atoms with Crippen LogP contribution in [0.15, 0.2) is 94.8 Å². The molecule has 1 fully saturated rings. The van der Waals surface area contributed by atoms with Gasteiger partial charge >= 0.3 is 0 Å². The number of hydrogen-bond acceptors (Lipinski definition) is 5. The second kappa shape index (κ2) is 8.96. The first-order valence-corrected chi connectivity index (χ1v) is 11.6. The Kier molecular flexibility index (Phi) is 5.71. The number of fused-ring (bicyclic) bond motifs is 1. The Labute approximate surface area is 196 Å². The van der Waals surface area contributed by atoms with E-state index < -0.39 is 0 Å². The summed E-state index contributed by atoms with van der Waals surface area (Å²) in [6.07, 6.45) is 0.826. The highest BCUT2D eigenvalue weighted by molar-refractivity contribution is 8.18. The van der Waals surface area contributed by atoms with E-state index in [-0.39, 0.29) is 11.8 Å². The molecule has 7 heteroatoms. The number of hydrazine groups is 1. The first-order valence-electron chi connectivity index (χ1n) is 10.8. The summed E-state index contributed by atoms with van der Waals surface area (Å²) >= 11 is 1.22. The average Bonchev–Trinajstić information content (AvgIpc) is 3.29. The molecule has 0 aliphatic carbocycles. The summed E-state index contributed by atoms with van der Waals surface area (Å²) in [7, 11) is 0. The van der Waals surface area contributed by atoms with Crippen LogP contribution in [0.2, 0.25) is 0 Å². The molecule has 2 aliphatic heterocycles. The van der Waals surface area contributed by atoms with Crippen molar-refractivity contribution in [2.24, 2.45) is 4.99 Å². The van der Waals surface area contributed by atoms with Crippen molar-refractivity contribution in [3.63, 3.8) is 0 Å². The smallest absolute Gasteiger partial charge is 0.286 e. The van der Waals surface area contributed by atoms with Crippen molar-refractivity contribution in [3.8, 4) is 0 Å². The summed E-state index contributed by atoms with van der Waals surface area (Å²) in [6, 6.07) is 26.6. The largest absolute Gasteiger partial charge is 0.308 e. The molecule has 164 valence electrons. The number of carbonyl (C=O) groups is 2. The summed E-state index contributed by atoms with van der Waals surface area (Å²) in [5.74, 6) is -0.440. The molecule has 0 bridgehead atoms. The second-order valence-electron chi connectivity index (χ2n) is 7.63. The number of aliphatic imine (C=N–C) groups is 1. The fraction of sp³-hybridized carbons (Fsp3) is 0.115. The third-order valence-corrected chi connectivity index (χ3v) is 6.41. The lowest BCUT2D eigenvalue weighted by atomic mass is 10.1. The third kappa shape index (κ3) is 3.91. The minimum Gasteiger partial charge on any atom is -0.308 e. The predicted octanol–water partition coefficient (Wildman–Crippen LogP) is 5.44. The van der Waals surface area contributed by atoms with E-state index in [0.717, 1.165) is 29.0 Å². The standard InChI is InChI=1S/C26H22N4O2S/c1-2-17-29-21-16-10-9-15-20(21)22(24(29)31)23-25(32)30(28-19-13-7-4-8-14-19)26(33-23)27-18-11-5-3-6-12-18/h3-16,28H,2,17H2,1H3/b23-22-,27-26?. The van der Waals surface area contributed by atoms with Gasteiger partial charge in [0.1, 0.15) is 0 Å². The van der Waals surface area contributed by atoms with Crippen LogP contribution in [-0.4, -0.2) is 28.5 Å². The van der Waals surface area contributed by atoms with Crippen molar-refractivity contribution in [2.75, 3.05) is 16.9 Å². The number of rotatable bonds is 5. The maximum atomic E-state index is 13.7. The summed E-state index contributed by atoms with van der Waals surface area (Å²) in [6.45, 7) is 2.63. The Balaban J connectivity index is 1.62. The van der Waals surface area contributed by atoms with Gasteiger partial charge in [0, 0.05) is 12.1 Å². The third-order valence-electron chi connectivity index (χ3n) is 5.38. The molecule has 3 aromatic carbocycles. The Bertz CT molecular complexity index is 1270. The van der Waals surface area contributed by atoms with Gasteiger partial charge < -0.3 is 4.90 Å². The second-order valence-corrected chi connectivity index (χ2v) is 8.61. The van der Waals surface area contributed by atoms with Crippen molar-refractivity contribution in [1.29, 1.82) is 0 Å². The zero-order valence-corrected chi connectivity index (χ0v) is 18.9. The van der Waals surface area contributed by atoms with Crippen LogP contribution in [0.5, 0.6) is 0 Å². The molecule has 0 radical (unpaired) electrons. The van der Waals surface area contributed by atoms with Gasteiger partial charge in [0.2, 0.25) is 0 Å². The zero-order valence-electron chi connectivity index (χ0n) is 18.1. The molecule has 2 heterocycles. The van der Waals surface area contributed by atoms with E-state index in [1.54, 1.807) is 4.90 Å². The number of para-hydroxylation sites is 3. The van der Waals surface area contributed by atoms with Gasteiger partial charge in [0.25, 0.3) is 11.8 Å². The predicted molar refractivity (Wildman–Crippen MR) is 134 cm³/mol. The van der Waals surface area contributed by atoms with Gasteiger partial charge in [0.05, 0.1) is 27.5 Å². The van der Waals surface area contributed by atoms with E-state index in [4.69, 9.17) is 4.99 Å². The molecule has 5 rings (SSSR count). The van der Waals surface area contributed by atoms with Crippen LogP contribution in [0, 0.1) is 0 Å². The summed E-state index contributed by atoms with van der Waals surface area (Å²) in [4.78, 5) is 33.9. The van der Waals surface area contributed by atoms with Crippen LogP contribution >= 0.6 is 11.8 Å². The van der Waals surface area contributed by atoms with Crippen LogP contribution in [0.3, 0.4) is 0 Å². The number of amidine groups is 1. The number of nitrogens with zero attached hydrogens (tertiary/aromatic N) is 3. The van der Waals surface area contributed by atoms with Crippen molar-refractivity contribution < 1.29 is 9.59 Å². The van der Waals surface area contributed by atoms with Crippen LogP contribution in [0.1, 0.15) is 18.9 Å². The molecular weight excluding hydrogens is 432 g/mol. The molecule has 2 amide bonds. The van der Waals surface area contributed by atoms with E-state index in [1.165, 1.54) is 16.8 Å². The quantitative estimate of drug-likeness (QED) is 0.521. The molecule has 0 saturated carbocycles. The number of carbonyl (C=O) groups excluding carboxylic acids is 2. The number of benzene rings is 3. The number of amides is 2. The van der Waals surface area contributed by atoms with E-state index >= 15 is 0 Å². The Hall–Kier alpha value is -3.84. The van der Waals surface area contributed by atoms with Gasteiger partial charge in [-0.3, -0.25) is 15.0 Å². The van der Waals surface area contributed by atoms with Crippen LogP contribution in [0.4, 0.5) is 17.1 Å². The summed E-state index contributed by atoms with van der Waals surface area (Å²) in [5.41, 5.74) is 6.71. The van der Waals surface area contributed by atoms with Crippen LogP contribution in [-0.2, 0) is 9.59 Å². The van der Waals surface area contributed by atoms with E-state index in [0.29, 0.717) is 22.2 Å². The first-order chi connectivity index (χ1) is 16.2.